The van der Waals surface area contributed by atoms with Crippen molar-refractivity contribution in [2.45, 2.75) is 0 Å². The van der Waals surface area contributed by atoms with Crippen LogP contribution in [0, 0.1) is 0 Å². The van der Waals surface area contributed by atoms with E-state index in [4.69, 9.17) is 20.2 Å². The molecule has 0 aliphatic rings. The van der Waals surface area contributed by atoms with Gasteiger partial charge in [-0.1, -0.05) is 121 Å². The first-order valence-corrected chi connectivity index (χ1v) is 15.9. The van der Waals surface area contributed by atoms with E-state index in [0.717, 1.165) is 56.3 Å². The Kier molecular flexibility index (Phi) is 6.68. The van der Waals surface area contributed by atoms with E-state index in [2.05, 4.69) is 106 Å². The van der Waals surface area contributed by atoms with Crippen molar-refractivity contribution in [3.05, 3.63) is 170 Å². The van der Waals surface area contributed by atoms with Gasteiger partial charge in [-0.15, -0.1) is 10.2 Å². The highest BCUT2D eigenvalue weighted by atomic mass is 15.3. The van der Waals surface area contributed by atoms with Crippen LogP contribution in [0.25, 0.3) is 78.7 Å². The lowest BCUT2D eigenvalue weighted by atomic mass is 10.0. The third-order valence-corrected chi connectivity index (χ3v) is 8.67. The molecule has 0 aliphatic heterocycles. The highest BCUT2D eigenvalue weighted by molar-refractivity contribution is 6.09. The van der Waals surface area contributed by atoms with Gasteiger partial charge in [-0.3, -0.25) is 9.13 Å². The minimum Gasteiger partial charge on any atom is -0.294 e. The van der Waals surface area contributed by atoms with Gasteiger partial charge in [0.25, 0.3) is 0 Å². The molecule has 0 saturated heterocycles. The first-order chi connectivity index (χ1) is 23.8. The third kappa shape index (κ3) is 4.75. The molecule has 0 saturated carbocycles. The number of hydrogen-bond acceptors (Lipinski definition) is 4. The van der Waals surface area contributed by atoms with Crippen LogP contribution in [0.2, 0.25) is 0 Å². The van der Waals surface area contributed by atoms with Crippen LogP contribution in [0.3, 0.4) is 0 Å². The van der Waals surface area contributed by atoms with Gasteiger partial charge in [0.05, 0.1) is 22.4 Å². The normalized spacial score (nSPS) is 11.3. The monoisotopic (exact) mass is 616 g/mol. The Morgan fingerprint density at radius 1 is 0.354 bits per heavy atom. The zero-order valence-electron chi connectivity index (χ0n) is 25.8. The van der Waals surface area contributed by atoms with Gasteiger partial charge in [0.15, 0.2) is 11.6 Å². The molecule has 0 atom stereocenters. The van der Waals surface area contributed by atoms with Crippen LogP contribution >= 0.6 is 0 Å². The molecule has 0 amide bonds. The van der Waals surface area contributed by atoms with Gasteiger partial charge in [-0.05, 0) is 48.5 Å². The first-order valence-electron chi connectivity index (χ1n) is 15.9. The van der Waals surface area contributed by atoms with E-state index < -0.39 is 0 Å². The van der Waals surface area contributed by atoms with Crippen LogP contribution in [-0.4, -0.2) is 29.3 Å². The summed E-state index contributed by atoms with van der Waals surface area (Å²) in [6, 6.07) is 57.9. The Morgan fingerprint density at radius 3 is 1.48 bits per heavy atom. The molecule has 0 aliphatic carbocycles. The number of para-hydroxylation sites is 3. The molecule has 4 heterocycles. The summed E-state index contributed by atoms with van der Waals surface area (Å²) < 4.78 is 4.32. The Balaban J connectivity index is 1.26. The molecule has 0 radical (unpaired) electrons. The van der Waals surface area contributed by atoms with E-state index in [1.165, 1.54) is 10.8 Å². The molecule has 0 unspecified atom stereocenters. The number of fused-ring (bicyclic) bond motifs is 3. The second-order valence-electron chi connectivity index (χ2n) is 11.6. The lowest BCUT2D eigenvalue weighted by Gasteiger charge is -2.14. The molecule has 0 N–H and O–H groups in total. The summed E-state index contributed by atoms with van der Waals surface area (Å²) in [5.74, 6) is 2.17. The number of rotatable bonds is 6. The fourth-order valence-electron chi connectivity index (χ4n) is 6.47. The molecule has 48 heavy (non-hydrogen) atoms. The molecule has 6 heteroatoms. The lowest BCUT2D eigenvalue weighted by Crippen LogP contribution is -2.04. The predicted octanol–water partition coefficient (Wildman–Crippen LogP) is 9.82. The van der Waals surface area contributed by atoms with Crippen molar-refractivity contribution >= 4 is 21.8 Å². The Morgan fingerprint density at radius 2 is 0.875 bits per heavy atom. The predicted molar refractivity (Wildman–Crippen MR) is 193 cm³/mol. The maximum absolute atomic E-state index is 5.24. The van der Waals surface area contributed by atoms with Gasteiger partial charge in [-0.25, -0.2) is 9.97 Å². The summed E-state index contributed by atoms with van der Waals surface area (Å²) in [7, 11) is 0. The number of hydrogen-bond donors (Lipinski definition) is 0. The molecular formula is C42H28N6. The van der Waals surface area contributed by atoms with Crippen LogP contribution in [-0.2, 0) is 0 Å². The van der Waals surface area contributed by atoms with Crippen molar-refractivity contribution in [3.63, 3.8) is 0 Å². The van der Waals surface area contributed by atoms with Gasteiger partial charge < -0.3 is 0 Å². The second kappa shape index (κ2) is 11.6. The molecule has 9 rings (SSSR count). The summed E-state index contributed by atoms with van der Waals surface area (Å²) in [5.41, 5.74) is 8.56. The van der Waals surface area contributed by atoms with Crippen molar-refractivity contribution < 1.29 is 0 Å². The smallest absolute Gasteiger partial charge is 0.187 e. The van der Waals surface area contributed by atoms with Crippen LogP contribution < -0.4 is 0 Å². The number of pyridine rings is 2. The fraction of sp³-hybridized carbons (Fsp3) is 0. The maximum Gasteiger partial charge on any atom is 0.187 e. The van der Waals surface area contributed by atoms with E-state index in [0.29, 0.717) is 11.6 Å². The zero-order chi connectivity index (χ0) is 31.9. The van der Waals surface area contributed by atoms with Gasteiger partial charge in [0, 0.05) is 33.2 Å². The molecule has 9 aromatic rings. The molecule has 6 nitrogen and oxygen atoms in total. The maximum atomic E-state index is 5.24. The Hall–Kier alpha value is -6.66. The van der Waals surface area contributed by atoms with Crippen LogP contribution in [0.5, 0.6) is 0 Å². The van der Waals surface area contributed by atoms with E-state index >= 15 is 0 Å². The summed E-state index contributed by atoms with van der Waals surface area (Å²) in [5, 5.41) is 12.0. The molecular weight excluding hydrogens is 589 g/mol. The molecule has 0 fully saturated rings. The lowest BCUT2D eigenvalue weighted by molar-refractivity contribution is 1.03. The minimum absolute atomic E-state index is 0.651. The highest BCUT2D eigenvalue weighted by Crippen LogP contribution is 2.35. The SMILES string of the molecule is c1ccc(-c2cc(-c3nnc(-c4cccc(-n5c6ccccc6c6ccccc65)n4)n3-c3ccccc3)cc(-c3ccccc3)n2)cc1. The van der Waals surface area contributed by atoms with Crippen molar-refractivity contribution in [2.75, 3.05) is 0 Å². The molecule has 0 bridgehead atoms. The summed E-state index contributed by atoms with van der Waals surface area (Å²) in [6.45, 7) is 0. The number of benzene rings is 5. The fourth-order valence-corrected chi connectivity index (χ4v) is 6.47. The second-order valence-corrected chi connectivity index (χ2v) is 11.6. The molecule has 226 valence electrons. The molecule has 4 aromatic heterocycles. The van der Waals surface area contributed by atoms with Gasteiger partial charge >= 0.3 is 0 Å². The zero-order valence-corrected chi connectivity index (χ0v) is 25.8. The highest BCUT2D eigenvalue weighted by Gasteiger charge is 2.21. The summed E-state index contributed by atoms with van der Waals surface area (Å²) >= 11 is 0. The van der Waals surface area contributed by atoms with Crippen LogP contribution in [0.1, 0.15) is 0 Å². The average molecular weight is 617 g/mol. The third-order valence-electron chi connectivity index (χ3n) is 8.67. The van der Waals surface area contributed by atoms with E-state index in [1.807, 2.05) is 72.8 Å². The standard InChI is InChI=1S/C42H28N6/c1-4-15-29(16-5-1)36-27-31(28-37(43-36)30-17-6-2-7-18-30)41-45-46-42(47(41)32-19-8-3-9-20-32)35-23-14-26-40(44-35)48-38-24-12-10-21-33(38)34-22-11-13-25-39(34)48/h1-28H. The number of nitrogens with zero attached hydrogens (tertiary/aromatic N) is 6. The van der Waals surface area contributed by atoms with Crippen molar-refractivity contribution in [2.24, 2.45) is 0 Å². The van der Waals surface area contributed by atoms with Gasteiger partial charge in [-0.2, -0.15) is 0 Å². The van der Waals surface area contributed by atoms with Crippen LogP contribution in [0.4, 0.5) is 0 Å². The van der Waals surface area contributed by atoms with Crippen molar-refractivity contribution in [3.8, 4) is 56.9 Å². The number of aromatic nitrogens is 6. The van der Waals surface area contributed by atoms with Gasteiger partial charge in [0.2, 0.25) is 0 Å². The quantitative estimate of drug-likeness (QED) is 0.187. The summed E-state index contributed by atoms with van der Waals surface area (Å²) in [4.78, 5) is 10.3. The topological polar surface area (TPSA) is 61.4 Å². The van der Waals surface area contributed by atoms with Crippen LogP contribution in [0.15, 0.2) is 170 Å². The Bertz CT molecular complexity index is 2440. The minimum atomic E-state index is 0.651. The summed E-state index contributed by atoms with van der Waals surface area (Å²) in [6.07, 6.45) is 0. The van der Waals surface area contributed by atoms with Crippen molar-refractivity contribution in [1.82, 2.24) is 29.3 Å². The molecule has 0 spiro atoms. The van der Waals surface area contributed by atoms with E-state index in [9.17, 15) is 0 Å². The van der Waals surface area contributed by atoms with Gasteiger partial charge in [0.1, 0.15) is 11.5 Å². The van der Waals surface area contributed by atoms with E-state index in [1.54, 1.807) is 0 Å². The molecule has 5 aromatic carbocycles. The Labute approximate surface area is 277 Å². The van der Waals surface area contributed by atoms with Crippen molar-refractivity contribution in [1.29, 1.82) is 0 Å². The first kappa shape index (κ1) is 27.6. The van der Waals surface area contributed by atoms with E-state index in [-0.39, 0.29) is 0 Å². The average Bonchev–Trinajstić information content (AvgIpc) is 3.76. The largest absolute Gasteiger partial charge is 0.294 e.